The summed E-state index contributed by atoms with van der Waals surface area (Å²) in [7, 11) is 0. The molecule has 1 atom stereocenters. The van der Waals surface area contributed by atoms with E-state index in [0.29, 0.717) is 6.42 Å². The van der Waals surface area contributed by atoms with Gasteiger partial charge in [-0.15, -0.1) is 0 Å². The average molecular weight is 385 g/mol. The van der Waals surface area contributed by atoms with Crippen LogP contribution in [0.5, 0.6) is 0 Å². The van der Waals surface area contributed by atoms with Crippen LogP contribution in [0.3, 0.4) is 0 Å². The average Bonchev–Trinajstić information content (AvgIpc) is 2.57. The molecule has 0 fully saturated rings. The summed E-state index contributed by atoms with van der Waals surface area (Å²) in [5.41, 5.74) is 0. The van der Waals surface area contributed by atoms with E-state index in [1.54, 1.807) is 0 Å². The van der Waals surface area contributed by atoms with Crippen molar-refractivity contribution in [3.05, 3.63) is 0 Å². The van der Waals surface area contributed by atoms with Gasteiger partial charge in [-0.1, -0.05) is 64.7 Å². The summed E-state index contributed by atoms with van der Waals surface area (Å²) >= 11 is 0. The molecule has 0 saturated heterocycles. The molecule has 1 unspecified atom stereocenters. The van der Waals surface area contributed by atoms with Gasteiger partial charge in [-0.05, 0) is 47.0 Å². The summed E-state index contributed by atoms with van der Waals surface area (Å²) < 4.78 is 10.4. The Morgan fingerprint density at radius 3 is 1.56 bits per heavy atom. The predicted molar refractivity (Wildman–Crippen MR) is 112 cm³/mol. The lowest BCUT2D eigenvalue weighted by atomic mass is 9.97. The Labute approximate surface area is 167 Å². The molecule has 0 rings (SSSR count). The van der Waals surface area contributed by atoms with Crippen LogP contribution in [0.4, 0.5) is 0 Å². The molecule has 4 heteroatoms. The summed E-state index contributed by atoms with van der Waals surface area (Å²) in [4.78, 5) is 23.3. The van der Waals surface area contributed by atoms with Crippen LogP contribution >= 0.6 is 0 Å². The van der Waals surface area contributed by atoms with Crippen molar-refractivity contribution in [1.29, 1.82) is 0 Å². The Balaban J connectivity index is 3.42. The van der Waals surface area contributed by atoms with E-state index in [2.05, 4.69) is 6.92 Å². The molecule has 0 aromatic rings. The minimum absolute atomic E-state index is 0.000723. The molecule has 0 N–H and O–H groups in total. The number of esters is 2. The zero-order chi connectivity index (χ0) is 20.5. The molecule has 4 nitrogen and oxygen atoms in total. The quantitative estimate of drug-likeness (QED) is 0.209. The summed E-state index contributed by atoms with van der Waals surface area (Å²) in [5.74, 6) is -0.0111. The molecule has 0 heterocycles. The first kappa shape index (κ1) is 25.9. The van der Waals surface area contributed by atoms with Gasteiger partial charge in [-0.3, -0.25) is 9.59 Å². The first-order valence-electron chi connectivity index (χ1n) is 11.3. The van der Waals surface area contributed by atoms with Crippen LogP contribution in [0.15, 0.2) is 0 Å². The highest BCUT2D eigenvalue weighted by molar-refractivity contribution is 5.72. The minimum Gasteiger partial charge on any atom is -0.463 e. The minimum atomic E-state index is -0.0622. The summed E-state index contributed by atoms with van der Waals surface area (Å²) in [6.07, 6.45) is 14.4. The molecular formula is C23H44O4. The van der Waals surface area contributed by atoms with Crippen LogP contribution < -0.4 is 0 Å². The van der Waals surface area contributed by atoms with Gasteiger partial charge in [0.15, 0.2) is 0 Å². The van der Waals surface area contributed by atoms with Crippen LogP contribution in [0.25, 0.3) is 0 Å². The first-order chi connectivity index (χ1) is 12.9. The van der Waals surface area contributed by atoms with Crippen molar-refractivity contribution >= 4 is 11.9 Å². The van der Waals surface area contributed by atoms with Crippen molar-refractivity contribution in [3.8, 4) is 0 Å². The standard InChI is InChI=1S/C23H44O4/c1-6-21(23(25)27-20(4)5)17-15-13-11-9-7-8-10-12-14-16-18-22(24)26-19(2)3/h19-21H,6-18H2,1-5H3. The summed E-state index contributed by atoms with van der Waals surface area (Å²) in [6, 6.07) is 0. The van der Waals surface area contributed by atoms with Crippen LogP contribution in [-0.2, 0) is 19.1 Å². The molecule has 0 bridgehead atoms. The van der Waals surface area contributed by atoms with E-state index in [4.69, 9.17) is 9.47 Å². The second-order valence-electron chi connectivity index (χ2n) is 8.20. The molecule has 0 aromatic heterocycles. The number of hydrogen-bond acceptors (Lipinski definition) is 4. The van der Waals surface area contributed by atoms with E-state index in [9.17, 15) is 9.59 Å². The van der Waals surface area contributed by atoms with Gasteiger partial charge >= 0.3 is 11.9 Å². The van der Waals surface area contributed by atoms with Crippen LogP contribution in [0.1, 0.15) is 118 Å². The van der Waals surface area contributed by atoms with Gasteiger partial charge in [0, 0.05) is 6.42 Å². The van der Waals surface area contributed by atoms with E-state index in [1.807, 2.05) is 27.7 Å². The Bertz CT molecular complexity index is 377. The largest absolute Gasteiger partial charge is 0.463 e. The molecule has 160 valence electrons. The zero-order valence-electron chi connectivity index (χ0n) is 18.6. The lowest BCUT2D eigenvalue weighted by molar-refractivity contribution is -0.153. The maximum Gasteiger partial charge on any atom is 0.309 e. The highest BCUT2D eigenvalue weighted by Gasteiger charge is 2.18. The number of ether oxygens (including phenoxy) is 2. The molecule has 0 saturated carbocycles. The lowest BCUT2D eigenvalue weighted by Crippen LogP contribution is -2.20. The van der Waals surface area contributed by atoms with Gasteiger partial charge in [-0.25, -0.2) is 0 Å². The molecule has 0 aromatic carbocycles. The predicted octanol–water partition coefficient (Wildman–Crippen LogP) is 6.60. The third-order valence-corrected chi connectivity index (χ3v) is 4.73. The van der Waals surface area contributed by atoms with Gasteiger partial charge in [0.1, 0.15) is 0 Å². The van der Waals surface area contributed by atoms with Crippen LogP contribution in [-0.4, -0.2) is 24.1 Å². The van der Waals surface area contributed by atoms with Gasteiger partial charge in [0.25, 0.3) is 0 Å². The van der Waals surface area contributed by atoms with Crippen molar-refractivity contribution in [2.75, 3.05) is 0 Å². The molecule has 0 spiro atoms. The van der Waals surface area contributed by atoms with Crippen molar-refractivity contribution in [2.24, 2.45) is 5.92 Å². The first-order valence-corrected chi connectivity index (χ1v) is 11.3. The molecular weight excluding hydrogens is 340 g/mol. The Morgan fingerprint density at radius 2 is 1.11 bits per heavy atom. The topological polar surface area (TPSA) is 52.6 Å². The second-order valence-corrected chi connectivity index (χ2v) is 8.20. The number of carbonyl (C=O) groups is 2. The third-order valence-electron chi connectivity index (χ3n) is 4.73. The number of carbonyl (C=O) groups excluding carboxylic acids is 2. The van der Waals surface area contributed by atoms with Crippen molar-refractivity contribution in [3.63, 3.8) is 0 Å². The fourth-order valence-electron chi connectivity index (χ4n) is 3.21. The third kappa shape index (κ3) is 16.8. The Morgan fingerprint density at radius 1 is 0.667 bits per heavy atom. The van der Waals surface area contributed by atoms with E-state index in [-0.39, 0.29) is 30.1 Å². The van der Waals surface area contributed by atoms with Crippen molar-refractivity contribution in [1.82, 2.24) is 0 Å². The number of rotatable bonds is 17. The molecule has 0 radical (unpaired) electrons. The fourth-order valence-corrected chi connectivity index (χ4v) is 3.21. The molecule has 0 amide bonds. The summed E-state index contributed by atoms with van der Waals surface area (Å²) in [5, 5.41) is 0. The molecule has 0 aliphatic rings. The second kappa shape index (κ2) is 17.1. The Hall–Kier alpha value is -1.06. The van der Waals surface area contributed by atoms with E-state index in [0.717, 1.165) is 32.1 Å². The normalized spacial score (nSPS) is 12.4. The number of unbranched alkanes of at least 4 members (excludes halogenated alkanes) is 9. The van der Waals surface area contributed by atoms with Crippen LogP contribution in [0.2, 0.25) is 0 Å². The highest BCUT2D eigenvalue weighted by Crippen LogP contribution is 2.18. The van der Waals surface area contributed by atoms with Gasteiger partial charge in [-0.2, -0.15) is 0 Å². The summed E-state index contributed by atoms with van der Waals surface area (Å²) in [6.45, 7) is 9.66. The van der Waals surface area contributed by atoms with Crippen molar-refractivity contribution < 1.29 is 19.1 Å². The molecule has 0 aliphatic heterocycles. The maximum atomic E-state index is 11.9. The monoisotopic (exact) mass is 384 g/mol. The maximum absolute atomic E-state index is 11.9. The van der Waals surface area contributed by atoms with E-state index < -0.39 is 0 Å². The Kier molecular flexibility index (Phi) is 16.4. The zero-order valence-corrected chi connectivity index (χ0v) is 18.6. The van der Waals surface area contributed by atoms with Crippen LogP contribution in [0, 0.1) is 5.92 Å². The molecule has 0 aliphatic carbocycles. The highest BCUT2D eigenvalue weighted by atomic mass is 16.5. The SMILES string of the molecule is CCC(CCCCCCCCCCCCC(=O)OC(C)C)C(=O)OC(C)C. The van der Waals surface area contributed by atoms with E-state index >= 15 is 0 Å². The van der Waals surface area contributed by atoms with Gasteiger partial charge < -0.3 is 9.47 Å². The van der Waals surface area contributed by atoms with Crippen molar-refractivity contribution in [2.45, 2.75) is 130 Å². The van der Waals surface area contributed by atoms with Gasteiger partial charge in [0.2, 0.25) is 0 Å². The fraction of sp³-hybridized carbons (Fsp3) is 0.913. The molecule has 27 heavy (non-hydrogen) atoms. The number of hydrogen-bond donors (Lipinski definition) is 0. The lowest BCUT2D eigenvalue weighted by Gasteiger charge is -2.16. The van der Waals surface area contributed by atoms with E-state index in [1.165, 1.54) is 44.9 Å². The van der Waals surface area contributed by atoms with Gasteiger partial charge in [0.05, 0.1) is 18.1 Å². The smallest absolute Gasteiger partial charge is 0.309 e.